The molecule has 3 heterocycles. The number of alkyl halides is 6. The lowest BCUT2D eigenvalue weighted by atomic mass is 10.2. The molecule has 168 valence electrons. The maximum absolute atomic E-state index is 12.6. The van der Waals surface area contributed by atoms with Crippen LogP contribution in [-0.4, -0.2) is 38.6 Å². The monoisotopic (exact) mass is 458 g/mol. The number of ether oxygens (including phenoxy) is 1. The van der Waals surface area contributed by atoms with Gasteiger partial charge in [0.2, 0.25) is 5.88 Å². The summed E-state index contributed by atoms with van der Waals surface area (Å²) < 4.78 is 79.5. The summed E-state index contributed by atoms with van der Waals surface area (Å²) in [5.74, 6) is -1.10. The first-order valence-corrected chi connectivity index (χ1v) is 8.58. The van der Waals surface area contributed by atoms with Gasteiger partial charge in [-0.25, -0.2) is 15.0 Å². The van der Waals surface area contributed by atoms with Gasteiger partial charge in [-0.15, -0.1) is 0 Å². The Bertz CT molecular complexity index is 1090. The molecule has 0 radical (unpaired) electrons. The second-order valence-electron chi connectivity index (χ2n) is 6.08. The van der Waals surface area contributed by atoms with Crippen LogP contribution in [0.15, 0.2) is 49.2 Å². The molecule has 3 rings (SSSR count). The van der Waals surface area contributed by atoms with E-state index in [0.29, 0.717) is 6.20 Å². The summed E-state index contributed by atoms with van der Waals surface area (Å²) in [5, 5.41) is 4.97. The van der Waals surface area contributed by atoms with E-state index in [0.717, 1.165) is 24.7 Å². The lowest BCUT2D eigenvalue weighted by Gasteiger charge is -2.12. The Balaban J connectivity index is 1.71. The smallest absolute Gasteiger partial charge is 0.422 e. The average molecular weight is 458 g/mol. The van der Waals surface area contributed by atoms with Crippen molar-refractivity contribution >= 4 is 23.2 Å². The Morgan fingerprint density at radius 2 is 1.75 bits per heavy atom. The molecule has 8 nitrogen and oxygen atoms in total. The topological polar surface area (TPSA) is 102 Å². The van der Waals surface area contributed by atoms with Crippen LogP contribution in [0.2, 0.25) is 0 Å². The highest BCUT2D eigenvalue weighted by molar-refractivity contribution is 6.05. The van der Waals surface area contributed by atoms with Crippen LogP contribution < -0.4 is 15.4 Å². The molecule has 0 aliphatic heterocycles. The molecule has 0 saturated carbocycles. The van der Waals surface area contributed by atoms with Crippen LogP contribution in [0.4, 0.5) is 43.7 Å². The minimum absolute atomic E-state index is 0.0278. The van der Waals surface area contributed by atoms with Crippen LogP contribution >= 0.6 is 0 Å². The molecule has 2 N–H and O–H groups in total. The number of hydrogen-bond acceptors (Lipinski definition) is 7. The number of rotatable bonds is 6. The van der Waals surface area contributed by atoms with Crippen molar-refractivity contribution < 1.29 is 35.9 Å². The van der Waals surface area contributed by atoms with Gasteiger partial charge in [0, 0.05) is 18.0 Å². The minimum atomic E-state index is -4.61. The standard InChI is InChI=1S/C18H12F6N6O2/c19-17(20,21)8-32-16-12(7-25-9-28-16)29-15(31)10-3-4-26-14(5-10)30-13-2-1-11(6-27-13)18(22,23)24/h1-7,9H,8H2,(H,29,31)(H,26,27,30). The maximum atomic E-state index is 12.6. The van der Waals surface area contributed by atoms with Gasteiger partial charge in [-0.2, -0.15) is 31.3 Å². The van der Waals surface area contributed by atoms with Crippen molar-refractivity contribution in [3.8, 4) is 5.88 Å². The summed E-state index contributed by atoms with van der Waals surface area (Å²) in [6, 6.07) is 4.47. The van der Waals surface area contributed by atoms with Crippen LogP contribution in [-0.2, 0) is 6.18 Å². The van der Waals surface area contributed by atoms with Crippen molar-refractivity contribution in [1.82, 2.24) is 19.9 Å². The third-order valence-electron chi connectivity index (χ3n) is 3.67. The van der Waals surface area contributed by atoms with E-state index in [4.69, 9.17) is 0 Å². The number of nitrogens with one attached hydrogen (secondary N) is 2. The highest BCUT2D eigenvalue weighted by atomic mass is 19.4. The molecule has 0 aliphatic rings. The molecular weight excluding hydrogens is 446 g/mol. The van der Waals surface area contributed by atoms with E-state index in [-0.39, 0.29) is 22.9 Å². The van der Waals surface area contributed by atoms with Crippen molar-refractivity contribution in [3.63, 3.8) is 0 Å². The Morgan fingerprint density at radius 3 is 2.41 bits per heavy atom. The first kappa shape index (κ1) is 22.7. The fourth-order valence-electron chi connectivity index (χ4n) is 2.27. The quantitative estimate of drug-likeness (QED) is 0.534. The zero-order chi connectivity index (χ0) is 23.4. The molecule has 14 heteroatoms. The summed E-state index contributed by atoms with van der Waals surface area (Å²) >= 11 is 0. The number of amides is 1. The second-order valence-corrected chi connectivity index (χ2v) is 6.08. The number of aromatic nitrogens is 4. The van der Waals surface area contributed by atoms with Crippen LogP contribution in [0.25, 0.3) is 0 Å². The first-order valence-electron chi connectivity index (χ1n) is 8.58. The Kier molecular flexibility index (Phi) is 6.41. The molecule has 0 saturated heterocycles. The normalized spacial score (nSPS) is 11.7. The van der Waals surface area contributed by atoms with Crippen LogP contribution in [0.1, 0.15) is 15.9 Å². The zero-order valence-electron chi connectivity index (χ0n) is 15.7. The lowest BCUT2D eigenvalue weighted by molar-refractivity contribution is -0.154. The summed E-state index contributed by atoms with van der Waals surface area (Å²) in [7, 11) is 0. The van der Waals surface area contributed by atoms with Crippen LogP contribution in [0, 0.1) is 0 Å². The lowest BCUT2D eigenvalue weighted by Crippen LogP contribution is -2.21. The number of nitrogens with zero attached hydrogens (tertiary/aromatic N) is 4. The van der Waals surface area contributed by atoms with Gasteiger partial charge in [0.1, 0.15) is 23.7 Å². The molecule has 3 aromatic rings. The molecular formula is C18H12F6N6O2. The van der Waals surface area contributed by atoms with Gasteiger partial charge in [0.25, 0.3) is 5.91 Å². The zero-order valence-corrected chi connectivity index (χ0v) is 15.7. The summed E-state index contributed by atoms with van der Waals surface area (Å²) in [4.78, 5) is 27.3. The van der Waals surface area contributed by atoms with E-state index < -0.39 is 36.3 Å². The number of carbonyl (C=O) groups is 1. The van der Waals surface area contributed by atoms with E-state index >= 15 is 0 Å². The van der Waals surface area contributed by atoms with E-state index in [9.17, 15) is 31.1 Å². The molecule has 0 spiro atoms. The molecule has 3 aromatic heterocycles. The predicted molar refractivity (Wildman–Crippen MR) is 98.3 cm³/mol. The molecule has 1 amide bonds. The van der Waals surface area contributed by atoms with Gasteiger partial charge in [0.05, 0.1) is 11.8 Å². The Labute approximate surface area is 175 Å². The largest absolute Gasteiger partial charge is 0.466 e. The molecule has 0 atom stereocenters. The Hall–Kier alpha value is -3.97. The van der Waals surface area contributed by atoms with Crippen molar-refractivity contribution in [2.75, 3.05) is 17.2 Å². The molecule has 32 heavy (non-hydrogen) atoms. The fourth-order valence-corrected chi connectivity index (χ4v) is 2.27. The van der Waals surface area contributed by atoms with Crippen molar-refractivity contribution in [3.05, 3.63) is 60.3 Å². The molecule has 0 bridgehead atoms. The molecule has 0 aromatic carbocycles. The summed E-state index contributed by atoms with van der Waals surface area (Å²) in [6.45, 7) is -1.61. The SMILES string of the molecule is O=C(Nc1cncnc1OCC(F)(F)F)c1ccnc(Nc2ccc(C(F)(F)F)cn2)c1. The van der Waals surface area contributed by atoms with Crippen molar-refractivity contribution in [2.45, 2.75) is 12.4 Å². The molecule has 0 aliphatic carbocycles. The Morgan fingerprint density at radius 1 is 0.969 bits per heavy atom. The van der Waals surface area contributed by atoms with E-state index in [1.807, 2.05) is 0 Å². The first-order chi connectivity index (χ1) is 15.0. The van der Waals surface area contributed by atoms with Gasteiger partial charge < -0.3 is 15.4 Å². The van der Waals surface area contributed by atoms with Gasteiger partial charge in [0.15, 0.2) is 6.61 Å². The number of hydrogen-bond donors (Lipinski definition) is 2. The van der Waals surface area contributed by atoms with E-state index in [1.54, 1.807) is 0 Å². The molecule has 0 unspecified atom stereocenters. The highest BCUT2D eigenvalue weighted by Crippen LogP contribution is 2.29. The second kappa shape index (κ2) is 9.03. The van der Waals surface area contributed by atoms with E-state index in [2.05, 4.69) is 35.3 Å². The maximum Gasteiger partial charge on any atom is 0.422 e. The molecule has 0 fully saturated rings. The third-order valence-corrected chi connectivity index (χ3v) is 3.67. The third kappa shape index (κ3) is 6.26. The predicted octanol–water partition coefficient (Wildman–Crippen LogP) is 4.22. The minimum Gasteiger partial charge on any atom is -0.466 e. The van der Waals surface area contributed by atoms with Gasteiger partial charge in [-0.3, -0.25) is 4.79 Å². The highest BCUT2D eigenvalue weighted by Gasteiger charge is 2.31. The van der Waals surface area contributed by atoms with Gasteiger partial charge in [-0.1, -0.05) is 0 Å². The fraction of sp³-hybridized carbons (Fsp3) is 0.167. The van der Waals surface area contributed by atoms with Crippen molar-refractivity contribution in [1.29, 1.82) is 0 Å². The number of pyridine rings is 2. The number of anilines is 3. The van der Waals surface area contributed by atoms with Crippen LogP contribution in [0.3, 0.4) is 0 Å². The van der Waals surface area contributed by atoms with Crippen molar-refractivity contribution in [2.24, 2.45) is 0 Å². The summed E-state index contributed by atoms with van der Waals surface area (Å²) in [5.41, 5.74) is -1.10. The number of carbonyl (C=O) groups excluding carboxylic acids is 1. The van der Waals surface area contributed by atoms with Crippen LogP contribution in [0.5, 0.6) is 5.88 Å². The van der Waals surface area contributed by atoms with E-state index in [1.165, 1.54) is 18.3 Å². The van der Waals surface area contributed by atoms with Gasteiger partial charge >= 0.3 is 12.4 Å². The summed E-state index contributed by atoms with van der Waals surface area (Å²) in [6.07, 6.45) is -5.26. The average Bonchev–Trinajstić information content (AvgIpc) is 2.72. The number of halogens is 6. The van der Waals surface area contributed by atoms with Gasteiger partial charge in [-0.05, 0) is 24.3 Å².